The summed E-state index contributed by atoms with van der Waals surface area (Å²) in [6, 6.07) is 6.80. The summed E-state index contributed by atoms with van der Waals surface area (Å²) in [5.41, 5.74) is 1.09. The Morgan fingerprint density at radius 1 is 1.12 bits per heavy atom. The van der Waals surface area contributed by atoms with Gasteiger partial charge in [-0.05, 0) is 18.6 Å². The third-order valence-electron chi connectivity index (χ3n) is 5.58. The maximum Gasteiger partial charge on any atom is 0.224 e. The van der Waals surface area contributed by atoms with Crippen LogP contribution in [0, 0.1) is 0 Å². The van der Waals surface area contributed by atoms with E-state index in [0.29, 0.717) is 24.4 Å². The number of hydrogen-bond donors (Lipinski definition) is 0. The highest BCUT2D eigenvalue weighted by molar-refractivity contribution is 5.80. The van der Waals surface area contributed by atoms with Crippen LogP contribution in [0.2, 0.25) is 0 Å². The predicted octanol–water partition coefficient (Wildman–Crippen LogP) is 0.589. The van der Waals surface area contributed by atoms with E-state index in [1.54, 1.807) is 0 Å². The monoisotopic (exact) mass is 330 g/mol. The zero-order chi connectivity index (χ0) is 16.4. The molecule has 0 spiro atoms. The molecule has 1 aromatic rings. The maximum atomic E-state index is 12.5. The van der Waals surface area contributed by atoms with E-state index in [1.807, 2.05) is 18.3 Å². The highest BCUT2D eigenvalue weighted by Gasteiger charge is 2.46. The van der Waals surface area contributed by atoms with Crippen LogP contribution in [-0.4, -0.2) is 83.6 Å². The van der Waals surface area contributed by atoms with Gasteiger partial charge in [-0.3, -0.25) is 19.6 Å². The zero-order valence-electron chi connectivity index (χ0n) is 14.1. The number of likely N-dealkylation sites (tertiary alicyclic amines) is 2. The molecular formula is C18H26N4O2. The Labute approximate surface area is 143 Å². The highest BCUT2D eigenvalue weighted by atomic mass is 16.5. The van der Waals surface area contributed by atoms with Gasteiger partial charge in [-0.2, -0.15) is 0 Å². The average Bonchev–Trinajstić information content (AvgIpc) is 3.14. The first-order valence-corrected chi connectivity index (χ1v) is 9.05. The van der Waals surface area contributed by atoms with Crippen LogP contribution in [-0.2, 0) is 16.1 Å². The number of hydrogen-bond acceptors (Lipinski definition) is 5. The summed E-state index contributed by atoms with van der Waals surface area (Å²) in [4.78, 5) is 23.9. The zero-order valence-corrected chi connectivity index (χ0v) is 14.1. The molecule has 0 aromatic carbocycles. The van der Waals surface area contributed by atoms with Crippen molar-refractivity contribution in [2.45, 2.75) is 31.5 Å². The highest BCUT2D eigenvalue weighted by Crippen LogP contribution is 2.33. The number of ether oxygens (including phenoxy) is 1. The molecule has 3 fully saturated rings. The number of amides is 1. The van der Waals surface area contributed by atoms with Crippen molar-refractivity contribution < 1.29 is 9.53 Å². The van der Waals surface area contributed by atoms with Crippen molar-refractivity contribution in [3.8, 4) is 0 Å². The summed E-state index contributed by atoms with van der Waals surface area (Å²) in [6.07, 6.45) is 3.60. The fourth-order valence-corrected chi connectivity index (χ4v) is 4.27. The standard InChI is InChI=1S/C18H26N4O2/c23-18-13-17-16(22(18)8-7-20-9-11-24-12-10-20)4-6-21(17)14-15-3-1-2-5-19-15/h1-3,5,16-17H,4,6-14H2/t16-,17+/m0/s1. The molecule has 6 nitrogen and oxygen atoms in total. The molecule has 0 N–H and O–H groups in total. The molecule has 24 heavy (non-hydrogen) atoms. The van der Waals surface area contributed by atoms with Gasteiger partial charge >= 0.3 is 0 Å². The predicted molar refractivity (Wildman–Crippen MR) is 90.4 cm³/mol. The molecule has 2 atom stereocenters. The van der Waals surface area contributed by atoms with E-state index in [1.165, 1.54) is 0 Å². The van der Waals surface area contributed by atoms with Crippen LogP contribution < -0.4 is 0 Å². The third kappa shape index (κ3) is 3.31. The average molecular weight is 330 g/mol. The largest absolute Gasteiger partial charge is 0.379 e. The van der Waals surface area contributed by atoms with Crippen molar-refractivity contribution in [3.63, 3.8) is 0 Å². The quantitative estimate of drug-likeness (QED) is 0.791. The van der Waals surface area contributed by atoms with E-state index < -0.39 is 0 Å². The summed E-state index contributed by atoms with van der Waals surface area (Å²) < 4.78 is 5.40. The molecule has 0 aliphatic carbocycles. The fraction of sp³-hybridized carbons (Fsp3) is 0.667. The Morgan fingerprint density at radius 3 is 2.79 bits per heavy atom. The summed E-state index contributed by atoms with van der Waals surface area (Å²) in [7, 11) is 0. The first kappa shape index (κ1) is 16.0. The van der Waals surface area contributed by atoms with Gasteiger partial charge in [0.05, 0.1) is 18.9 Å². The van der Waals surface area contributed by atoms with Gasteiger partial charge in [0, 0.05) is 64.0 Å². The Hall–Kier alpha value is -1.50. The number of pyridine rings is 1. The number of nitrogens with zero attached hydrogens (tertiary/aromatic N) is 4. The molecule has 1 amide bonds. The van der Waals surface area contributed by atoms with Crippen LogP contribution in [0.1, 0.15) is 18.5 Å². The van der Waals surface area contributed by atoms with Crippen molar-refractivity contribution in [1.29, 1.82) is 0 Å². The van der Waals surface area contributed by atoms with E-state index in [4.69, 9.17) is 4.74 Å². The molecule has 3 saturated heterocycles. The van der Waals surface area contributed by atoms with Crippen LogP contribution in [0.3, 0.4) is 0 Å². The molecule has 0 saturated carbocycles. The lowest BCUT2D eigenvalue weighted by atomic mass is 10.1. The Bertz CT molecular complexity index is 561. The maximum absolute atomic E-state index is 12.5. The number of morpholine rings is 1. The Kier molecular flexibility index (Phi) is 4.78. The molecule has 130 valence electrons. The van der Waals surface area contributed by atoms with Crippen molar-refractivity contribution in [3.05, 3.63) is 30.1 Å². The molecule has 6 heteroatoms. The molecule has 0 radical (unpaired) electrons. The molecule has 3 aliphatic heterocycles. The van der Waals surface area contributed by atoms with E-state index >= 15 is 0 Å². The lowest BCUT2D eigenvalue weighted by molar-refractivity contribution is -0.129. The minimum atomic E-state index is 0.323. The Morgan fingerprint density at radius 2 is 2.00 bits per heavy atom. The van der Waals surface area contributed by atoms with Crippen molar-refractivity contribution >= 4 is 5.91 Å². The molecule has 1 aromatic heterocycles. The molecule has 4 heterocycles. The number of aromatic nitrogens is 1. The van der Waals surface area contributed by atoms with Gasteiger partial charge in [-0.15, -0.1) is 0 Å². The fourth-order valence-electron chi connectivity index (χ4n) is 4.27. The minimum Gasteiger partial charge on any atom is -0.379 e. The lowest BCUT2D eigenvalue weighted by Gasteiger charge is -2.30. The van der Waals surface area contributed by atoms with Gasteiger partial charge in [0.1, 0.15) is 0 Å². The van der Waals surface area contributed by atoms with Crippen LogP contribution in [0.5, 0.6) is 0 Å². The molecular weight excluding hydrogens is 304 g/mol. The Balaban J connectivity index is 1.34. The van der Waals surface area contributed by atoms with Gasteiger partial charge in [-0.1, -0.05) is 6.07 Å². The SMILES string of the molecule is O=C1C[C@@H]2[C@H](CCN2Cc2ccccn2)N1CCN1CCOCC1. The summed E-state index contributed by atoms with van der Waals surface area (Å²) in [5.74, 6) is 0.323. The molecule has 4 rings (SSSR count). The van der Waals surface area contributed by atoms with E-state index in [2.05, 4.69) is 25.8 Å². The number of fused-ring (bicyclic) bond motifs is 1. The number of carbonyl (C=O) groups is 1. The summed E-state index contributed by atoms with van der Waals surface area (Å²) >= 11 is 0. The molecule has 0 unspecified atom stereocenters. The molecule has 0 bridgehead atoms. The summed E-state index contributed by atoms with van der Waals surface area (Å²) in [5, 5.41) is 0. The normalized spacial score (nSPS) is 28.5. The van der Waals surface area contributed by atoms with Gasteiger partial charge < -0.3 is 9.64 Å². The van der Waals surface area contributed by atoms with Crippen LogP contribution in [0.25, 0.3) is 0 Å². The summed E-state index contributed by atoms with van der Waals surface area (Å²) in [6.45, 7) is 7.36. The van der Waals surface area contributed by atoms with E-state index in [9.17, 15) is 4.79 Å². The lowest BCUT2D eigenvalue weighted by Crippen LogP contribution is -2.44. The van der Waals surface area contributed by atoms with Crippen LogP contribution in [0.15, 0.2) is 24.4 Å². The van der Waals surface area contributed by atoms with Gasteiger partial charge in [0.15, 0.2) is 0 Å². The van der Waals surface area contributed by atoms with E-state index in [0.717, 1.165) is 64.6 Å². The first-order valence-electron chi connectivity index (χ1n) is 9.05. The first-order chi connectivity index (χ1) is 11.8. The van der Waals surface area contributed by atoms with Crippen molar-refractivity contribution in [2.75, 3.05) is 45.9 Å². The second-order valence-electron chi connectivity index (χ2n) is 6.96. The second-order valence-corrected chi connectivity index (χ2v) is 6.96. The topological polar surface area (TPSA) is 48.9 Å². The third-order valence-corrected chi connectivity index (χ3v) is 5.58. The van der Waals surface area contributed by atoms with E-state index in [-0.39, 0.29) is 0 Å². The van der Waals surface area contributed by atoms with Crippen molar-refractivity contribution in [2.24, 2.45) is 0 Å². The van der Waals surface area contributed by atoms with Gasteiger partial charge in [-0.25, -0.2) is 0 Å². The smallest absolute Gasteiger partial charge is 0.224 e. The second kappa shape index (κ2) is 7.17. The molecule has 3 aliphatic rings. The van der Waals surface area contributed by atoms with Crippen LogP contribution >= 0.6 is 0 Å². The van der Waals surface area contributed by atoms with Crippen LogP contribution in [0.4, 0.5) is 0 Å². The minimum absolute atomic E-state index is 0.323. The number of rotatable bonds is 5. The van der Waals surface area contributed by atoms with Crippen molar-refractivity contribution in [1.82, 2.24) is 19.7 Å². The van der Waals surface area contributed by atoms with Gasteiger partial charge in [0.2, 0.25) is 5.91 Å². The number of carbonyl (C=O) groups excluding carboxylic acids is 1. The van der Waals surface area contributed by atoms with Gasteiger partial charge in [0.25, 0.3) is 0 Å².